The predicted octanol–water partition coefficient (Wildman–Crippen LogP) is 2.11. The Kier molecular flexibility index (Phi) is 3.92. The van der Waals surface area contributed by atoms with Crippen molar-refractivity contribution in [2.24, 2.45) is 5.92 Å². The molecule has 2 fully saturated rings. The smallest absolute Gasteiger partial charge is 0.225 e. The van der Waals surface area contributed by atoms with Crippen molar-refractivity contribution in [2.45, 2.75) is 39.0 Å². The number of rotatable bonds is 3. The highest BCUT2D eigenvalue weighted by Gasteiger charge is 2.34. The zero-order valence-electron chi connectivity index (χ0n) is 12.2. The SMILES string of the molecule is CC(C)c1nnc(N2CCCN(C(=O)C3CC3)CC2)s1. The summed E-state index contributed by atoms with van der Waals surface area (Å²) < 4.78 is 0. The number of aromatic nitrogens is 2. The van der Waals surface area contributed by atoms with Crippen LogP contribution in [0.1, 0.15) is 44.0 Å². The number of hydrogen-bond donors (Lipinski definition) is 0. The molecule has 0 unspecified atom stereocenters. The van der Waals surface area contributed by atoms with Crippen LogP contribution in [-0.4, -0.2) is 47.2 Å². The van der Waals surface area contributed by atoms with Crippen molar-refractivity contribution in [3.05, 3.63) is 5.01 Å². The Hall–Kier alpha value is -1.17. The number of anilines is 1. The van der Waals surface area contributed by atoms with Gasteiger partial charge in [0.15, 0.2) is 0 Å². The second-order valence-corrected chi connectivity index (χ2v) is 7.01. The second-order valence-electron chi connectivity index (χ2n) is 6.02. The molecule has 110 valence electrons. The van der Waals surface area contributed by atoms with Gasteiger partial charge in [-0.05, 0) is 19.3 Å². The van der Waals surface area contributed by atoms with Gasteiger partial charge in [-0.15, -0.1) is 10.2 Å². The van der Waals surface area contributed by atoms with Gasteiger partial charge in [0.2, 0.25) is 11.0 Å². The molecule has 5 nitrogen and oxygen atoms in total. The highest BCUT2D eigenvalue weighted by Crippen LogP contribution is 2.32. The van der Waals surface area contributed by atoms with Gasteiger partial charge in [-0.3, -0.25) is 4.79 Å². The van der Waals surface area contributed by atoms with Crippen LogP contribution >= 0.6 is 11.3 Å². The quantitative estimate of drug-likeness (QED) is 0.857. The Labute approximate surface area is 124 Å². The lowest BCUT2D eigenvalue weighted by atomic mass is 10.2. The van der Waals surface area contributed by atoms with Gasteiger partial charge >= 0.3 is 0 Å². The summed E-state index contributed by atoms with van der Waals surface area (Å²) in [6.07, 6.45) is 3.20. The summed E-state index contributed by atoms with van der Waals surface area (Å²) >= 11 is 1.69. The standard InChI is InChI=1S/C14H22N4OS/c1-10(2)12-15-16-14(20-12)18-7-3-6-17(8-9-18)13(19)11-4-5-11/h10-11H,3-9H2,1-2H3. The molecule has 1 aromatic rings. The van der Waals surface area contributed by atoms with Gasteiger partial charge in [-0.1, -0.05) is 25.2 Å². The van der Waals surface area contributed by atoms with Crippen molar-refractivity contribution < 1.29 is 4.79 Å². The third kappa shape index (κ3) is 2.95. The minimum Gasteiger partial charge on any atom is -0.345 e. The molecule has 1 amide bonds. The summed E-state index contributed by atoms with van der Waals surface area (Å²) in [6.45, 7) is 7.85. The van der Waals surface area contributed by atoms with E-state index in [2.05, 4.69) is 28.9 Å². The molecule has 1 saturated heterocycles. The molecule has 6 heteroatoms. The van der Waals surface area contributed by atoms with Gasteiger partial charge in [0.25, 0.3) is 0 Å². The largest absolute Gasteiger partial charge is 0.345 e. The van der Waals surface area contributed by atoms with Crippen molar-refractivity contribution in [3.63, 3.8) is 0 Å². The van der Waals surface area contributed by atoms with Gasteiger partial charge in [-0.2, -0.15) is 0 Å². The molecule has 1 saturated carbocycles. The van der Waals surface area contributed by atoms with Crippen LogP contribution in [0.3, 0.4) is 0 Å². The fraction of sp³-hybridized carbons (Fsp3) is 0.786. The molecular formula is C14H22N4OS. The molecule has 0 N–H and O–H groups in total. The Morgan fingerprint density at radius 1 is 1.20 bits per heavy atom. The van der Waals surface area contributed by atoms with Crippen molar-refractivity contribution in [3.8, 4) is 0 Å². The fourth-order valence-electron chi connectivity index (χ4n) is 2.51. The number of carbonyl (C=O) groups excluding carboxylic acids is 1. The molecular weight excluding hydrogens is 272 g/mol. The van der Waals surface area contributed by atoms with E-state index < -0.39 is 0 Å². The fourth-order valence-corrected chi connectivity index (χ4v) is 3.40. The van der Waals surface area contributed by atoms with E-state index in [0.717, 1.165) is 55.6 Å². The lowest BCUT2D eigenvalue weighted by Crippen LogP contribution is -2.36. The van der Waals surface area contributed by atoms with Crippen LogP contribution in [0, 0.1) is 5.92 Å². The molecule has 0 spiro atoms. The minimum atomic E-state index is 0.329. The molecule has 1 aromatic heterocycles. The van der Waals surface area contributed by atoms with Crippen LogP contribution < -0.4 is 4.90 Å². The van der Waals surface area contributed by atoms with Crippen LogP contribution in [0.5, 0.6) is 0 Å². The average molecular weight is 294 g/mol. The van der Waals surface area contributed by atoms with Crippen LogP contribution in [0.25, 0.3) is 0 Å². The minimum absolute atomic E-state index is 0.329. The summed E-state index contributed by atoms with van der Waals surface area (Å²) in [7, 11) is 0. The Balaban J connectivity index is 1.62. The summed E-state index contributed by atoms with van der Waals surface area (Å²) in [5.74, 6) is 1.13. The summed E-state index contributed by atoms with van der Waals surface area (Å²) in [5, 5.41) is 10.7. The summed E-state index contributed by atoms with van der Waals surface area (Å²) in [6, 6.07) is 0. The first-order chi connectivity index (χ1) is 9.65. The zero-order chi connectivity index (χ0) is 14.1. The Morgan fingerprint density at radius 2 is 2.00 bits per heavy atom. The second kappa shape index (κ2) is 5.68. The topological polar surface area (TPSA) is 49.3 Å². The first-order valence-electron chi connectivity index (χ1n) is 7.52. The van der Waals surface area contributed by atoms with Gasteiger partial charge < -0.3 is 9.80 Å². The van der Waals surface area contributed by atoms with Gasteiger partial charge in [0.05, 0.1) is 0 Å². The molecule has 1 aliphatic heterocycles. The maximum atomic E-state index is 12.1. The van der Waals surface area contributed by atoms with Gasteiger partial charge in [0, 0.05) is 38.0 Å². The van der Waals surface area contributed by atoms with Gasteiger partial charge in [0.1, 0.15) is 5.01 Å². The number of carbonyl (C=O) groups is 1. The average Bonchev–Trinajstić information content (AvgIpc) is 3.20. The monoisotopic (exact) mass is 294 g/mol. The van der Waals surface area contributed by atoms with Crippen molar-refractivity contribution >= 4 is 22.4 Å². The maximum absolute atomic E-state index is 12.1. The van der Waals surface area contributed by atoms with Crippen molar-refractivity contribution in [1.29, 1.82) is 0 Å². The Morgan fingerprint density at radius 3 is 2.65 bits per heavy atom. The van der Waals surface area contributed by atoms with E-state index in [1.807, 2.05) is 4.90 Å². The van der Waals surface area contributed by atoms with Crippen LogP contribution in [0.15, 0.2) is 0 Å². The molecule has 3 rings (SSSR count). The molecule has 0 bridgehead atoms. The predicted molar refractivity (Wildman–Crippen MR) is 80.1 cm³/mol. The van der Waals surface area contributed by atoms with E-state index in [-0.39, 0.29) is 0 Å². The lowest BCUT2D eigenvalue weighted by molar-refractivity contribution is -0.132. The van der Waals surface area contributed by atoms with Crippen molar-refractivity contribution in [2.75, 3.05) is 31.1 Å². The Bertz CT molecular complexity index is 483. The normalized spacial score (nSPS) is 20.4. The molecule has 20 heavy (non-hydrogen) atoms. The first kappa shape index (κ1) is 13.8. The number of amides is 1. The molecule has 0 atom stereocenters. The summed E-state index contributed by atoms with van der Waals surface area (Å²) in [4.78, 5) is 16.5. The molecule has 0 radical (unpaired) electrons. The zero-order valence-corrected chi connectivity index (χ0v) is 13.0. The molecule has 2 aliphatic rings. The third-order valence-corrected chi connectivity index (χ3v) is 5.21. The lowest BCUT2D eigenvalue weighted by Gasteiger charge is -2.21. The third-order valence-electron chi connectivity index (χ3n) is 3.93. The highest BCUT2D eigenvalue weighted by atomic mass is 32.1. The maximum Gasteiger partial charge on any atom is 0.225 e. The van der Waals surface area contributed by atoms with E-state index in [9.17, 15) is 4.79 Å². The molecule has 1 aliphatic carbocycles. The summed E-state index contributed by atoms with van der Waals surface area (Å²) in [5.41, 5.74) is 0. The van der Waals surface area contributed by atoms with E-state index in [1.54, 1.807) is 11.3 Å². The van der Waals surface area contributed by atoms with E-state index in [1.165, 1.54) is 0 Å². The molecule has 2 heterocycles. The van der Waals surface area contributed by atoms with E-state index >= 15 is 0 Å². The van der Waals surface area contributed by atoms with E-state index in [0.29, 0.717) is 17.7 Å². The van der Waals surface area contributed by atoms with E-state index in [4.69, 9.17) is 0 Å². The van der Waals surface area contributed by atoms with Gasteiger partial charge in [-0.25, -0.2) is 0 Å². The van der Waals surface area contributed by atoms with Crippen LogP contribution in [0.4, 0.5) is 5.13 Å². The van der Waals surface area contributed by atoms with Crippen LogP contribution in [0.2, 0.25) is 0 Å². The first-order valence-corrected chi connectivity index (χ1v) is 8.34. The molecule has 0 aromatic carbocycles. The van der Waals surface area contributed by atoms with Crippen LogP contribution in [-0.2, 0) is 4.79 Å². The van der Waals surface area contributed by atoms with Crippen molar-refractivity contribution in [1.82, 2.24) is 15.1 Å². The number of nitrogens with zero attached hydrogens (tertiary/aromatic N) is 4. The number of hydrogen-bond acceptors (Lipinski definition) is 5. The highest BCUT2D eigenvalue weighted by molar-refractivity contribution is 7.15.